The van der Waals surface area contributed by atoms with Crippen molar-refractivity contribution in [3.8, 4) is 5.69 Å². The predicted molar refractivity (Wildman–Crippen MR) is 87.2 cm³/mol. The van der Waals surface area contributed by atoms with Crippen LogP contribution in [0.25, 0.3) is 5.69 Å². The number of aromatic nitrogens is 4. The van der Waals surface area contributed by atoms with Crippen molar-refractivity contribution in [1.29, 1.82) is 0 Å². The molecule has 0 spiro atoms. The van der Waals surface area contributed by atoms with Crippen LogP contribution in [0.3, 0.4) is 0 Å². The number of aryl methyl sites for hydroxylation is 2. The van der Waals surface area contributed by atoms with Gasteiger partial charge in [0, 0.05) is 6.54 Å². The van der Waals surface area contributed by atoms with Gasteiger partial charge in [-0.15, -0.1) is 11.7 Å². The molecule has 0 radical (unpaired) electrons. The van der Waals surface area contributed by atoms with Crippen LogP contribution in [0.2, 0.25) is 0 Å². The Labute approximate surface area is 134 Å². The third-order valence-corrected chi connectivity index (χ3v) is 4.28. The van der Waals surface area contributed by atoms with Crippen molar-refractivity contribution in [2.75, 3.05) is 6.54 Å². The molecule has 1 amide bonds. The van der Waals surface area contributed by atoms with E-state index in [0.717, 1.165) is 5.69 Å². The topological polar surface area (TPSA) is 72.7 Å². The minimum Gasteiger partial charge on any atom is -0.352 e. The fourth-order valence-corrected chi connectivity index (χ4v) is 2.63. The molecule has 0 aliphatic rings. The van der Waals surface area contributed by atoms with Crippen molar-refractivity contribution in [2.45, 2.75) is 31.2 Å². The Balaban J connectivity index is 2.17. The number of tetrazole rings is 1. The molecule has 1 aromatic heterocycles. The van der Waals surface area contributed by atoms with Gasteiger partial charge in [-0.3, -0.25) is 4.79 Å². The summed E-state index contributed by atoms with van der Waals surface area (Å²) in [6.45, 7) is 9.95. The number of benzene rings is 1. The molecule has 0 fully saturated rings. The molecule has 0 saturated heterocycles. The lowest BCUT2D eigenvalue weighted by Crippen LogP contribution is -2.31. The van der Waals surface area contributed by atoms with Crippen LogP contribution in [-0.4, -0.2) is 37.9 Å². The van der Waals surface area contributed by atoms with Crippen molar-refractivity contribution in [2.24, 2.45) is 0 Å². The highest BCUT2D eigenvalue weighted by Crippen LogP contribution is 2.23. The predicted octanol–water partition coefficient (Wildman–Crippen LogP) is 2.06. The monoisotopic (exact) mass is 317 g/mol. The Morgan fingerprint density at radius 2 is 2.23 bits per heavy atom. The molecule has 1 atom stereocenters. The molecule has 0 saturated carbocycles. The zero-order valence-electron chi connectivity index (χ0n) is 12.9. The SMILES string of the molecule is C=CCNC(=O)[C@H](C)Sc1nnnn1-c1ccc(C)c(C)c1. The average Bonchev–Trinajstić information content (AvgIpc) is 2.95. The summed E-state index contributed by atoms with van der Waals surface area (Å²) in [6, 6.07) is 6.02. The summed E-state index contributed by atoms with van der Waals surface area (Å²) in [5.41, 5.74) is 3.26. The Morgan fingerprint density at radius 3 is 2.91 bits per heavy atom. The molecule has 0 aliphatic heterocycles. The van der Waals surface area contributed by atoms with Crippen LogP contribution in [-0.2, 0) is 4.79 Å². The van der Waals surface area contributed by atoms with Gasteiger partial charge in [0.05, 0.1) is 10.9 Å². The summed E-state index contributed by atoms with van der Waals surface area (Å²) in [7, 11) is 0. The molecule has 1 N–H and O–H groups in total. The second kappa shape index (κ2) is 7.22. The molecule has 0 aliphatic carbocycles. The molecular weight excluding hydrogens is 298 g/mol. The molecule has 116 valence electrons. The minimum atomic E-state index is -0.295. The zero-order valence-corrected chi connectivity index (χ0v) is 13.7. The van der Waals surface area contributed by atoms with E-state index in [0.29, 0.717) is 11.7 Å². The van der Waals surface area contributed by atoms with E-state index in [2.05, 4.69) is 34.3 Å². The van der Waals surface area contributed by atoms with Crippen molar-refractivity contribution in [1.82, 2.24) is 25.5 Å². The summed E-state index contributed by atoms with van der Waals surface area (Å²) in [4.78, 5) is 11.9. The molecule has 2 aromatic rings. The molecule has 0 bridgehead atoms. The molecule has 2 rings (SSSR count). The first-order chi connectivity index (χ1) is 10.5. The van der Waals surface area contributed by atoms with Crippen molar-refractivity contribution < 1.29 is 4.79 Å². The van der Waals surface area contributed by atoms with E-state index in [4.69, 9.17) is 0 Å². The lowest BCUT2D eigenvalue weighted by molar-refractivity contribution is -0.120. The first-order valence-corrected chi connectivity index (χ1v) is 7.82. The second-order valence-electron chi connectivity index (χ2n) is 4.94. The maximum atomic E-state index is 11.9. The summed E-state index contributed by atoms with van der Waals surface area (Å²) in [6.07, 6.45) is 1.65. The van der Waals surface area contributed by atoms with E-state index in [-0.39, 0.29) is 11.2 Å². The van der Waals surface area contributed by atoms with Gasteiger partial charge in [0.1, 0.15) is 0 Å². The third-order valence-electron chi connectivity index (χ3n) is 3.25. The Bertz CT molecular complexity index is 682. The van der Waals surface area contributed by atoms with Crippen LogP contribution in [0.15, 0.2) is 36.0 Å². The molecule has 0 unspecified atom stereocenters. The Kier molecular flexibility index (Phi) is 5.32. The summed E-state index contributed by atoms with van der Waals surface area (Å²) < 4.78 is 1.65. The van der Waals surface area contributed by atoms with Gasteiger partial charge >= 0.3 is 0 Å². The van der Waals surface area contributed by atoms with Crippen LogP contribution < -0.4 is 5.32 Å². The van der Waals surface area contributed by atoms with Gasteiger partial charge in [0.15, 0.2) is 0 Å². The maximum Gasteiger partial charge on any atom is 0.233 e. The third kappa shape index (κ3) is 3.73. The summed E-state index contributed by atoms with van der Waals surface area (Å²) in [5.74, 6) is -0.0699. The van der Waals surface area contributed by atoms with Crippen LogP contribution in [0.4, 0.5) is 0 Å². The Morgan fingerprint density at radius 1 is 1.45 bits per heavy atom. The fourth-order valence-electron chi connectivity index (χ4n) is 1.80. The van der Waals surface area contributed by atoms with Crippen molar-refractivity contribution in [3.63, 3.8) is 0 Å². The van der Waals surface area contributed by atoms with Gasteiger partial charge in [-0.1, -0.05) is 23.9 Å². The molecule has 1 aromatic carbocycles. The van der Waals surface area contributed by atoms with E-state index in [1.165, 1.54) is 22.9 Å². The summed E-state index contributed by atoms with van der Waals surface area (Å²) >= 11 is 1.32. The number of carbonyl (C=O) groups is 1. The number of rotatable bonds is 6. The van der Waals surface area contributed by atoms with E-state index in [9.17, 15) is 4.79 Å². The van der Waals surface area contributed by atoms with Gasteiger partial charge in [-0.05, 0) is 54.5 Å². The highest BCUT2D eigenvalue weighted by atomic mass is 32.2. The first-order valence-electron chi connectivity index (χ1n) is 6.94. The Hall–Kier alpha value is -2.15. The molecular formula is C15H19N5OS. The van der Waals surface area contributed by atoms with Gasteiger partial charge < -0.3 is 5.32 Å². The summed E-state index contributed by atoms with van der Waals surface area (Å²) in [5, 5.41) is 14.8. The lowest BCUT2D eigenvalue weighted by atomic mass is 10.1. The number of nitrogens with zero attached hydrogens (tertiary/aromatic N) is 4. The maximum absolute atomic E-state index is 11.9. The van der Waals surface area contributed by atoms with E-state index >= 15 is 0 Å². The minimum absolute atomic E-state index is 0.0699. The normalized spacial score (nSPS) is 12.0. The quantitative estimate of drug-likeness (QED) is 0.652. The number of thioether (sulfide) groups is 1. The largest absolute Gasteiger partial charge is 0.352 e. The molecule has 1 heterocycles. The highest BCUT2D eigenvalue weighted by Gasteiger charge is 2.18. The first kappa shape index (κ1) is 16.2. The van der Waals surface area contributed by atoms with Gasteiger partial charge in [0.2, 0.25) is 11.1 Å². The van der Waals surface area contributed by atoms with Crippen LogP contribution in [0.5, 0.6) is 0 Å². The number of amides is 1. The van der Waals surface area contributed by atoms with E-state index < -0.39 is 0 Å². The van der Waals surface area contributed by atoms with E-state index in [1.807, 2.05) is 32.0 Å². The zero-order chi connectivity index (χ0) is 16.1. The lowest BCUT2D eigenvalue weighted by Gasteiger charge is -2.11. The van der Waals surface area contributed by atoms with E-state index in [1.54, 1.807) is 10.8 Å². The molecule has 6 nitrogen and oxygen atoms in total. The number of hydrogen-bond donors (Lipinski definition) is 1. The second-order valence-corrected chi connectivity index (χ2v) is 6.24. The van der Waals surface area contributed by atoms with Gasteiger partial charge in [0.25, 0.3) is 0 Å². The van der Waals surface area contributed by atoms with Gasteiger partial charge in [-0.25, -0.2) is 0 Å². The van der Waals surface area contributed by atoms with Crippen LogP contribution in [0, 0.1) is 13.8 Å². The number of nitrogens with one attached hydrogen (secondary N) is 1. The van der Waals surface area contributed by atoms with Crippen molar-refractivity contribution >= 4 is 17.7 Å². The van der Waals surface area contributed by atoms with Crippen LogP contribution in [0.1, 0.15) is 18.1 Å². The molecule has 7 heteroatoms. The fraction of sp³-hybridized carbons (Fsp3) is 0.333. The van der Waals surface area contributed by atoms with Crippen molar-refractivity contribution in [3.05, 3.63) is 42.0 Å². The smallest absolute Gasteiger partial charge is 0.233 e. The number of hydrogen-bond acceptors (Lipinski definition) is 5. The van der Waals surface area contributed by atoms with Gasteiger partial charge in [-0.2, -0.15) is 4.68 Å². The highest BCUT2D eigenvalue weighted by molar-refractivity contribution is 8.00. The number of carbonyl (C=O) groups excluding carboxylic acids is 1. The average molecular weight is 317 g/mol. The standard InChI is InChI=1S/C15H19N5OS/c1-5-8-16-14(21)12(4)22-15-17-18-19-20(15)13-7-6-10(2)11(3)9-13/h5-7,9,12H,1,8H2,2-4H3,(H,16,21)/t12-/m0/s1. The van der Waals surface area contributed by atoms with Crippen LogP contribution >= 0.6 is 11.8 Å². The molecule has 22 heavy (non-hydrogen) atoms.